The first-order chi connectivity index (χ1) is 9.90. The maximum absolute atomic E-state index is 11.8. The van der Waals surface area contributed by atoms with Crippen LogP contribution in [0, 0.1) is 10.1 Å². The van der Waals surface area contributed by atoms with Crippen molar-refractivity contribution in [3.8, 4) is 0 Å². The molecule has 0 aliphatic rings. The number of nitrogens with two attached hydrogens (primary N) is 3. The van der Waals surface area contributed by atoms with Gasteiger partial charge in [0.25, 0.3) is 5.69 Å². The fourth-order valence-corrected chi connectivity index (χ4v) is 1.55. The molecule has 1 amide bonds. The number of benzene rings is 1. The number of hydrogen-bond acceptors (Lipinski definition) is 5. The number of carbonyl (C=O) groups is 1. The lowest BCUT2D eigenvalue weighted by Gasteiger charge is -2.11. The van der Waals surface area contributed by atoms with Gasteiger partial charge in [0, 0.05) is 24.4 Å². The molecule has 0 heterocycles. The van der Waals surface area contributed by atoms with Gasteiger partial charge in [0.2, 0.25) is 5.91 Å². The van der Waals surface area contributed by atoms with Crippen molar-refractivity contribution in [1.29, 1.82) is 0 Å². The molecule has 0 radical (unpaired) electrons. The third-order valence-corrected chi connectivity index (χ3v) is 2.65. The first-order valence-corrected chi connectivity index (χ1v) is 6.26. The van der Waals surface area contributed by atoms with Gasteiger partial charge in [-0.05, 0) is 25.0 Å². The highest BCUT2D eigenvalue weighted by atomic mass is 35.5. The maximum atomic E-state index is 11.8. The summed E-state index contributed by atoms with van der Waals surface area (Å²) >= 11 is 0. The Labute approximate surface area is 145 Å². The number of nitro groups is 1. The highest BCUT2D eigenvalue weighted by molar-refractivity contribution is 5.94. The van der Waals surface area contributed by atoms with Crippen molar-refractivity contribution in [3.05, 3.63) is 34.4 Å². The van der Waals surface area contributed by atoms with Crippen molar-refractivity contribution in [2.75, 3.05) is 11.9 Å². The molecule has 0 aliphatic carbocycles. The Bertz CT molecular complexity index is 534. The van der Waals surface area contributed by atoms with Crippen molar-refractivity contribution in [2.45, 2.75) is 18.9 Å². The highest BCUT2D eigenvalue weighted by Crippen LogP contribution is 2.15. The van der Waals surface area contributed by atoms with Crippen molar-refractivity contribution in [1.82, 2.24) is 0 Å². The summed E-state index contributed by atoms with van der Waals surface area (Å²) in [5.74, 6) is -0.368. The Balaban J connectivity index is 0. The van der Waals surface area contributed by atoms with Crippen LogP contribution in [0.3, 0.4) is 0 Å². The number of nitrogens with zero attached hydrogens (tertiary/aromatic N) is 2. The fraction of sp³-hybridized carbons (Fsp3) is 0.333. The van der Waals surface area contributed by atoms with Gasteiger partial charge in [-0.2, -0.15) is 0 Å². The number of nitro benzene ring substituents is 1. The molecule has 7 N–H and O–H groups in total. The molecule has 0 aliphatic heterocycles. The molecular formula is C12H20Cl2N6O3. The monoisotopic (exact) mass is 366 g/mol. The van der Waals surface area contributed by atoms with E-state index in [0.29, 0.717) is 25.1 Å². The molecule has 1 aromatic carbocycles. The van der Waals surface area contributed by atoms with E-state index in [0.717, 1.165) is 0 Å². The SMILES string of the molecule is Cl.Cl.NC(N)=NCCC[C@@H](N)C(=O)Nc1ccc([N+](=O)[O-])cc1. The summed E-state index contributed by atoms with van der Waals surface area (Å²) in [4.78, 5) is 25.6. The van der Waals surface area contributed by atoms with E-state index in [4.69, 9.17) is 17.2 Å². The van der Waals surface area contributed by atoms with Gasteiger partial charge in [-0.15, -0.1) is 24.8 Å². The minimum absolute atomic E-state index is 0. The Morgan fingerprint density at radius 3 is 2.30 bits per heavy atom. The summed E-state index contributed by atoms with van der Waals surface area (Å²) in [5, 5.41) is 13.1. The third-order valence-electron chi connectivity index (χ3n) is 2.65. The lowest BCUT2D eigenvalue weighted by Crippen LogP contribution is -2.35. The van der Waals surface area contributed by atoms with E-state index < -0.39 is 11.0 Å². The van der Waals surface area contributed by atoms with Crippen LogP contribution in [0.25, 0.3) is 0 Å². The second kappa shape index (κ2) is 11.5. The zero-order valence-corrected chi connectivity index (χ0v) is 13.8. The van der Waals surface area contributed by atoms with E-state index in [-0.39, 0.29) is 42.4 Å². The standard InChI is InChI=1S/C12H18N6O3.2ClH/c13-10(2-1-7-16-12(14)15)11(19)17-8-3-5-9(6-4-8)18(20)21;;/h3-6,10H,1-2,7,13H2,(H,17,19)(H4,14,15,16);2*1H/t10-;;/m1../s1. The van der Waals surface area contributed by atoms with Crippen LogP contribution >= 0.6 is 24.8 Å². The van der Waals surface area contributed by atoms with Crippen LogP contribution in [0.15, 0.2) is 29.3 Å². The Morgan fingerprint density at radius 2 is 1.83 bits per heavy atom. The Kier molecular flexibility index (Phi) is 11.5. The molecule has 9 nitrogen and oxygen atoms in total. The number of anilines is 1. The van der Waals surface area contributed by atoms with Crippen molar-refractivity contribution in [3.63, 3.8) is 0 Å². The number of rotatable bonds is 7. The maximum Gasteiger partial charge on any atom is 0.269 e. The molecule has 0 saturated heterocycles. The van der Waals surface area contributed by atoms with Gasteiger partial charge in [0.15, 0.2) is 5.96 Å². The summed E-state index contributed by atoms with van der Waals surface area (Å²) in [6, 6.07) is 4.80. The smallest absolute Gasteiger partial charge is 0.269 e. The van der Waals surface area contributed by atoms with E-state index in [1.807, 2.05) is 0 Å². The van der Waals surface area contributed by atoms with E-state index in [9.17, 15) is 14.9 Å². The predicted molar refractivity (Wildman–Crippen MR) is 94.1 cm³/mol. The van der Waals surface area contributed by atoms with Crippen LogP contribution in [0.1, 0.15) is 12.8 Å². The summed E-state index contributed by atoms with van der Waals surface area (Å²) in [6.07, 6.45) is 1.00. The number of amides is 1. The quantitative estimate of drug-likeness (QED) is 0.183. The molecule has 0 spiro atoms. The van der Waals surface area contributed by atoms with E-state index in [2.05, 4.69) is 10.3 Å². The number of carbonyl (C=O) groups excluding carboxylic acids is 1. The van der Waals surface area contributed by atoms with Crippen LogP contribution < -0.4 is 22.5 Å². The minimum atomic E-state index is -0.700. The van der Waals surface area contributed by atoms with E-state index in [1.165, 1.54) is 24.3 Å². The summed E-state index contributed by atoms with van der Waals surface area (Å²) in [5.41, 5.74) is 16.5. The number of halogens is 2. The van der Waals surface area contributed by atoms with Crippen LogP contribution in [-0.2, 0) is 4.79 Å². The number of aliphatic imine (C=N–C) groups is 1. The normalized spacial score (nSPS) is 10.5. The minimum Gasteiger partial charge on any atom is -0.370 e. The topological polar surface area (TPSA) is 163 Å². The molecule has 1 atom stereocenters. The predicted octanol–water partition coefficient (Wildman–Crippen LogP) is 0.758. The van der Waals surface area contributed by atoms with Gasteiger partial charge in [-0.3, -0.25) is 19.9 Å². The van der Waals surface area contributed by atoms with Crippen molar-refractivity contribution < 1.29 is 9.72 Å². The van der Waals surface area contributed by atoms with Crippen LogP contribution in [0.5, 0.6) is 0 Å². The molecule has 0 fully saturated rings. The van der Waals surface area contributed by atoms with Gasteiger partial charge in [0.1, 0.15) is 0 Å². The molecule has 23 heavy (non-hydrogen) atoms. The number of non-ortho nitro benzene ring substituents is 1. The van der Waals surface area contributed by atoms with Crippen molar-refractivity contribution >= 4 is 48.1 Å². The number of nitrogens with one attached hydrogen (secondary N) is 1. The lowest BCUT2D eigenvalue weighted by molar-refractivity contribution is -0.384. The molecule has 0 saturated carbocycles. The van der Waals surface area contributed by atoms with Gasteiger partial charge in [-0.1, -0.05) is 0 Å². The summed E-state index contributed by atoms with van der Waals surface area (Å²) in [6.45, 7) is 0.404. The lowest BCUT2D eigenvalue weighted by atomic mass is 10.1. The molecule has 1 aromatic rings. The van der Waals surface area contributed by atoms with Crippen LogP contribution in [0.4, 0.5) is 11.4 Å². The van der Waals surface area contributed by atoms with Gasteiger partial charge in [-0.25, -0.2) is 0 Å². The largest absolute Gasteiger partial charge is 0.370 e. The molecule has 130 valence electrons. The average Bonchev–Trinajstić information content (AvgIpc) is 2.43. The third kappa shape index (κ3) is 8.81. The van der Waals surface area contributed by atoms with E-state index >= 15 is 0 Å². The van der Waals surface area contributed by atoms with Gasteiger partial charge >= 0.3 is 0 Å². The zero-order valence-electron chi connectivity index (χ0n) is 12.2. The van der Waals surface area contributed by atoms with Gasteiger partial charge in [0.05, 0.1) is 11.0 Å². The van der Waals surface area contributed by atoms with Crippen LogP contribution in [0.2, 0.25) is 0 Å². The second-order valence-corrected chi connectivity index (χ2v) is 4.35. The molecule has 0 bridgehead atoms. The van der Waals surface area contributed by atoms with Gasteiger partial charge < -0.3 is 22.5 Å². The first kappa shape index (κ1) is 23.2. The molecule has 1 rings (SSSR count). The molecule has 11 heteroatoms. The van der Waals surface area contributed by atoms with Crippen LogP contribution in [-0.4, -0.2) is 29.4 Å². The number of hydrogen-bond donors (Lipinski definition) is 4. The highest BCUT2D eigenvalue weighted by Gasteiger charge is 2.13. The summed E-state index contributed by atoms with van der Waals surface area (Å²) in [7, 11) is 0. The molecular weight excluding hydrogens is 347 g/mol. The second-order valence-electron chi connectivity index (χ2n) is 4.35. The Hall–Kier alpha value is -2.10. The zero-order chi connectivity index (χ0) is 15.8. The number of guanidine groups is 1. The summed E-state index contributed by atoms with van der Waals surface area (Å²) < 4.78 is 0. The molecule has 0 unspecified atom stereocenters. The first-order valence-electron chi connectivity index (χ1n) is 6.26. The van der Waals surface area contributed by atoms with E-state index in [1.54, 1.807) is 0 Å². The van der Waals surface area contributed by atoms with Crippen molar-refractivity contribution in [2.24, 2.45) is 22.2 Å². The molecule has 0 aromatic heterocycles. The fourth-order valence-electron chi connectivity index (χ4n) is 1.55. The average molecular weight is 367 g/mol. The Morgan fingerprint density at radius 1 is 1.26 bits per heavy atom.